The number of pyridine rings is 2. The molecule has 1 amide bonds. The molecule has 114 heavy (non-hydrogen) atoms. The summed E-state index contributed by atoms with van der Waals surface area (Å²) >= 11 is 0. The molecule has 0 aliphatic carbocycles. The number of ether oxygens (including phenoxy) is 4. The molecule has 8 rings (SSSR count). The topological polar surface area (TPSA) is 242 Å². The first-order valence-corrected chi connectivity index (χ1v) is 21.9. The number of aryl methyl sites for hydroxylation is 2. The van der Waals surface area contributed by atoms with E-state index >= 15 is 0 Å². The van der Waals surface area contributed by atoms with Gasteiger partial charge in [-0.2, -0.15) is 9.97 Å². The van der Waals surface area contributed by atoms with Crippen molar-refractivity contribution in [1.82, 2.24) is 39.1 Å². The Hall–Kier alpha value is -11.0. The lowest BCUT2D eigenvalue weighted by atomic mass is 10.1. The Morgan fingerprint density at radius 1 is 0.430 bits per heavy atom. The summed E-state index contributed by atoms with van der Waals surface area (Å²) in [6, 6.07) is 8.46. The molecule has 6 aromatic heterocycles. The molecule has 2 aromatic carbocycles. The van der Waals surface area contributed by atoms with Crippen LogP contribution in [0.5, 0.6) is 0 Å². The maximum Gasteiger partial charge on any atom is 0.354 e. The van der Waals surface area contributed by atoms with Crippen molar-refractivity contribution in [2.75, 3.05) is 51.7 Å². The van der Waals surface area contributed by atoms with Gasteiger partial charge in [-0.25, -0.2) is 14.8 Å². The number of carbonyl (C=O) groups is 2. The molecule has 688 valence electrons. The fourth-order valence-corrected chi connectivity index (χ4v) is 5.09. The number of rotatable bonds is 15. The van der Waals surface area contributed by atoms with E-state index in [1.165, 1.54) is 6.20 Å². The highest BCUT2D eigenvalue weighted by molar-refractivity contribution is 6.04. The molecule has 0 radical (unpaired) electrons. The molecule has 0 atom stereocenters. The summed E-state index contributed by atoms with van der Waals surface area (Å²) in [5, 5.41) is 19.5. The number of nitrogens with zero attached hydrogens (tertiary/aromatic N) is 8. The summed E-state index contributed by atoms with van der Waals surface area (Å²) in [6.07, 6.45) is 1.38. The lowest BCUT2D eigenvalue weighted by Crippen LogP contribution is -2.15. The first-order valence-electron chi connectivity index (χ1n) is 25.9. The molecule has 0 unspecified atom stereocenters. The lowest BCUT2D eigenvalue weighted by molar-refractivity contribution is 0.0494. The summed E-state index contributed by atoms with van der Waals surface area (Å²) < 4.78 is 510. The van der Waals surface area contributed by atoms with Crippen LogP contribution in [0.3, 0.4) is 0 Å². The van der Waals surface area contributed by atoms with Crippen LogP contribution in [0.4, 0.5) is 254 Å². The van der Waals surface area contributed by atoms with Gasteiger partial charge in [0.05, 0.1) is 49.8 Å². The van der Waals surface area contributed by atoms with Crippen molar-refractivity contribution in [1.29, 1.82) is 0 Å². The Morgan fingerprint density at radius 2 is 0.711 bits per heavy atom. The first kappa shape index (κ1) is 135. The molecule has 72 heteroatoms. The van der Waals surface area contributed by atoms with Crippen molar-refractivity contribution in [2.45, 2.75) is 27.1 Å². The minimum atomic E-state index is -1.29. The molecule has 0 bridgehead atoms. The van der Waals surface area contributed by atoms with Gasteiger partial charge in [0, 0.05) is 287 Å². The number of hydrogen-bond acceptors (Lipinski definition) is 15. The number of carboxylic acids is 1. The average Bonchev–Trinajstić information content (AvgIpc) is 1.61. The molecule has 19 nitrogen and oxygen atoms in total. The molecule has 0 spiro atoms. The van der Waals surface area contributed by atoms with Crippen molar-refractivity contribution >= 4 is 34.5 Å². The third kappa shape index (κ3) is 91.6. The van der Waals surface area contributed by atoms with Gasteiger partial charge < -0.3 is 44.2 Å². The molecular formula is C42H45F53N10O9. The normalized spacial score (nSPS) is 8.18. The highest BCUT2D eigenvalue weighted by Crippen LogP contribution is 2.25. The van der Waals surface area contributed by atoms with E-state index in [4.69, 9.17) is 288 Å². The predicted molar refractivity (Wildman–Crippen MR) is 282 cm³/mol. The van der Waals surface area contributed by atoms with Gasteiger partial charge in [-0.3, -0.25) is 18.3 Å². The van der Waals surface area contributed by atoms with Crippen LogP contribution in [0.15, 0.2) is 106 Å². The maximum absolute atomic E-state index is 13.0. The van der Waals surface area contributed by atoms with Gasteiger partial charge >= 0.3 is 5.97 Å². The van der Waals surface area contributed by atoms with E-state index in [9.17, 15) is 9.59 Å². The molecule has 0 saturated carbocycles. The van der Waals surface area contributed by atoms with Crippen LogP contribution >= 0.6 is 0 Å². The number of carboxylic acid groups (broad SMARTS) is 1. The Morgan fingerprint density at radius 3 is 1.00 bits per heavy atom. The largest absolute Gasteiger partial charge is 0.477 e. The van der Waals surface area contributed by atoms with Crippen molar-refractivity contribution in [3.05, 3.63) is 132 Å². The number of anilines is 2. The van der Waals surface area contributed by atoms with E-state index in [-0.39, 0.29) is 52.7 Å². The molecule has 0 saturated heterocycles. The Kier molecular flexibility index (Phi) is 203. The van der Waals surface area contributed by atoms with Crippen LogP contribution in [0.1, 0.15) is 54.9 Å². The summed E-state index contributed by atoms with van der Waals surface area (Å²) in [5.74, 6) is -0.306. The lowest BCUT2D eigenvalue weighted by Gasteiger charge is -2.09. The van der Waals surface area contributed by atoms with Crippen LogP contribution in [-0.4, -0.2) is 96.7 Å². The number of benzene rings is 2. The molecule has 8 aromatic rings. The average molecular weight is 1850 g/mol. The van der Waals surface area contributed by atoms with E-state index in [1.807, 2.05) is 32.0 Å². The van der Waals surface area contributed by atoms with E-state index in [0.29, 0.717) is 66.8 Å². The molecule has 0 fully saturated rings. The number of aromatic carboxylic acids is 1. The van der Waals surface area contributed by atoms with Gasteiger partial charge in [0.1, 0.15) is 30.2 Å². The van der Waals surface area contributed by atoms with Crippen molar-refractivity contribution in [3.63, 3.8) is 0 Å². The van der Waals surface area contributed by atoms with E-state index in [1.54, 1.807) is 32.4 Å². The van der Waals surface area contributed by atoms with Crippen LogP contribution in [-0.2, 0) is 32.2 Å². The number of imidazole rings is 2. The third-order valence-corrected chi connectivity index (χ3v) is 8.32. The van der Waals surface area contributed by atoms with E-state index < -0.39 is 48.4 Å². The second-order valence-corrected chi connectivity index (χ2v) is 12.6. The summed E-state index contributed by atoms with van der Waals surface area (Å²) in [5.41, 5.74) is 9.81. The van der Waals surface area contributed by atoms with Crippen molar-refractivity contribution < 1.29 is 296 Å². The van der Waals surface area contributed by atoms with Crippen LogP contribution in [0.25, 0.3) is 34.1 Å². The number of halogens is 53. The number of hydrogen-bond donors (Lipinski definition) is 3. The summed E-state index contributed by atoms with van der Waals surface area (Å²) in [6.45, 7) is 6.05. The maximum atomic E-state index is 13.0. The monoisotopic (exact) mass is 1850 g/mol. The smallest absolute Gasteiger partial charge is 0.354 e. The number of nitrogen functional groups attached to an aromatic ring is 1. The first-order chi connectivity index (χ1) is 59.0. The number of fused-ring (bicyclic) bond motifs is 2. The fourth-order valence-electron chi connectivity index (χ4n) is 5.09. The standard InChI is InChI=1S/C21H21N5O4.C13H17N3O3.C8H6N2O2.26F2.FH/c1-14-6-7-15(20-24-19(30-25-20)13-29-10-9-28-2)11-16(14)23-21(27)17-12-22-18-5-3-4-8-26(17)18;1-9-3-4-10(7-11(9)14)13-15-12(19-16-13)8-18-6-5-17-2;11-8(12)6-5-9-7-3-1-2-4-10(6)7;26*1-2;/h3-8,11-12H,9-10,13H2,1-2H3,(H,23,27);3-4,7H,5-6,8,14H2,1-2H3;1-5H,(H,11,12);;;;;;;;;;;;;;;;;;;;;;;;;;;1H/i3D,4D,5D,8D;;1D,2D,3D,4D;;;;;;;;;;;;;;;;;;;;;;;;;;;. The van der Waals surface area contributed by atoms with Gasteiger partial charge in [-0.05, 0) is 61.3 Å². The van der Waals surface area contributed by atoms with Gasteiger partial charge in [0.2, 0.25) is 11.6 Å². The SMILES string of the molecule is COCCOCc1nc(-c2ccc(C)c(N)c2)no1.F.FF.FF.FF.FF.FF.FF.FF.FF.FF.FF.FF.FF.FF.FF.FF.FF.FF.FF.FF.FF.FF.FF.FF.FF.FF.FF.[2H]c1c([2H])c([2H])n2c(C(=O)Nc3cc(-c4noc(COCCOC)n4)ccc3C)cnc2c1[2H].[2H]c1c([2H])c([2H])n2c(C(=O)O)cnc2c1[2H]. The van der Waals surface area contributed by atoms with E-state index in [0.717, 1.165) is 31.7 Å². The molecule has 0 aliphatic rings. The summed E-state index contributed by atoms with van der Waals surface area (Å²) in [4.78, 5) is 40.1. The molecule has 0 aliphatic heterocycles. The highest BCUT2D eigenvalue weighted by atomic mass is 20.0. The number of nitrogens with one attached hydrogen (secondary N) is 1. The number of amides is 1. The molecule has 4 N–H and O–H groups in total. The number of nitrogens with two attached hydrogens (primary N) is 1. The zero-order valence-corrected chi connectivity index (χ0v) is 53.3. The minimum Gasteiger partial charge on any atom is -0.477 e. The number of aromatic nitrogens is 8. The molecular weight excluding hydrogens is 1800 g/mol. The van der Waals surface area contributed by atoms with Crippen molar-refractivity contribution in [2.24, 2.45) is 0 Å². The minimum absolute atomic E-state index is 0. The van der Waals surface area contributed by atoms with Crippen molar-refractivity contribution in [3.8, 4) is 22.8 Å². The van der Waals surface area contributed by atoms with Crippen LogP contribution in [0.2, 0.25) is 0 Å². The van der Waals surface area contributed by atoms with E-state index in [2.05, 4.69) is 35.6 Å². The second kappa shape index (κ2) is 171. The van der Waals surface area contributed by atoms with Crippen LogP contribution in [0, 0.1) is 13.8 Å². The highest BCUT2D eigenvalue weighted by Gasteiger charge is 2.16. The predicted octanol–water partition coefficient (Wildman–Crippen LogP) is 27.9. The zero-order chi connectivity index (χ0) is 102. The molecule has 6 heterocycles. The van der Waals surface area contributed by atoms with Gasteiger partial charge in [-0.1, -0.05) is 46.7 Å². The third-order valence-electron chi connectivity index (χ3n) is 8.32. The number of carbonyl (C=O) groups excluding carboxylic acids is 1. The van der Waals surface area contributed by atoms with Gasteiger partial charge in [0.15, 0.2) is 5.69 Å². The van der Waals surface area contributed by atoms with Crippen LogP contribution < -0.4 is 11.1 Å². The Bertz CT molecular complexity index is 3260. The number of methoxy groups -OCH3 is 2. The Balaban J connectivity index is -0.0000000496. The van der Waals surface area contributed by atoms with Gasteiger partial charge in [0.25, 0.3) is 17.7 Å². The quantitative estimate of drug-likeness (QED) is 0.0491. The fraction of sp³-hybridized carbons (Fsp3) is 0.238. The summed E-state index contributed by atoms with van der Waals surface area (Å²) in [7, 11) is 3.20. The zero-order valence-electron chi connectivity index (χ0n) is 61.3. The second-order valence-electron chi connectivity index (χ2n) is 12.6. The Labute approximate surface area is 604 Å². The van der Waals surface area contributed by atoms with Gasteiger partial charge in [-0.15, -0.1) is 0 Å².